The summed E-state index contributed by atoms with van der Waals surface area (Å²) in [4.78, 5) is 3.96. The van der Waals surface area contributed by atoms with E-state index in [-0.39, 0.29) is 5.69 Å². The molecule has 0 aromatic carbocycles. The first-order chi connectivity index (χ1) is 5.81. The molecule has 0 unspecified atom stereocenters. The van der Waals surface area contributed by atoms with Gasteiger partial charge in [0.2, 0.25) is 0 Å². The Kier molecular flexibility index (Phi) is 2.89. The first-order valence-electron chi connectivity index (χ1n) is 3.31. The number of nitriles is 1. The lowest BCUT2D eigenvalue weighted by Gasteiger charge is -2.01. The molecule has 0 radical (unpaired) electrons. The first kappa shape index (κ1) is 8.82. The largest absolute Gasteiger partial charge is 0.494 e. The number of ether oxygens (including phenoxy) is 1. The highest BCUT2D eigenvalue weighted by Crippen LogP contribution is 2.15. The van der Waals surface area contributed by atoms with Gasteiger partial charge in [-0.2, -0.15) is 5.26 Å². The second-order valence-electron chi connectivity index (χ2n) is 2.10. The Morgan fingerprint density at radius 1 is 1.67 bits per heavy atom. The summed E-state index contributed by atoms with van der Waals surface area (Å²) in [5, 5.41) is 8.63. The molecule has 0 N–H and O–H groups in total. The van der Waals surface area contributed by atoms with Gasteiger partial charge in [-0.25, -0.2) is 4.98 Å². The average molecular weight is 183 g/mol. The van der Waals surface area contributed by atoms with Crippen LogP contribution in [-0.2, 0) is 5.88 Å². The van der Waals surface area contributed by atoms with Crippen LogP contribution in [0.2, 0.25) is 0 Å². The topological polar surface area (TPSA) is 45.9 Å². The van der Waals surface area contributed by atoms with E-state index in [9.17, 15) is 0 Å². The monoisotopic (exact) mass is 182 g/mol. The number of pyridine rings is 1. The number of alkyl halides is 1. The van der Waals surface area contributed by atoms with Crippen LogP contribution in [0.3, 0.4) is 0 Å². The van der Waals surface area contributed by atoms with Gasteiger partial charge in [-0.1, -0.05) is 0 Å². The van der Waals surface area contributed by atoms with Gasteiger partial charge in [-0.05, 0) is 12.1 Å². The van der Waals surface area contributed by atoms with Gasteiger partial charge < -0.3 is 4.74 Å². The highest BCUT2D eigenvalue weighted by atomic mass is 35.5. The van der Waals surface area contributed by atoms with Crippen LogP contribution in [0.1, 0.15) is 11.4 Å². The minimum Gasteiger partial charge on any atom is -0.494 e. The van der Waals surface area contributed by atoms with Crippen molar-refractivity contribution in [3.8, 4) is 11.8 Å². The van der Waals surface area contributed by atoms with Crippen molar-refractivity contribution in [1.29, 1.82) is 5.26 Å². The normalized spacial score (nSPS) is 9.08. The third-order valence-corrected chi connectivity index (χ3v) is 1.65. The molecule has 62 valence electrons. The maximum atomic E-state index is 8.63. The summed E-state index contributed by atoms with van der Waals surface area (Å²) >= 11 is 5.54. The molecule has 0 spiro atoms. The van der Waals surface area contributed by atoms with Crippen LogP contribution < -0.4 is 4.74 Å². The van der Waals surface area contributed by atoms with Crippen molar-refractivity contribution in [2.75, 3.05) is 7.11 Å². The molecule has 1 rings (SSSR count). The SMILES string of the molecule is COc1ccc(CCl)nc1C#N. The molecule has 12 heavy (non-hydrogen) atoms. The molecular formula is C8H7ClN2O. The zero-order valence-corrected chi connectivity index (χ0v) is 7.30. The highest BCUT2D eigenvalue weighted by Gasteiger charge is 2.03. The van der Waals surface area contributed by atoms with Crippen LogP contribution in [0, 0.1) is 11.3 Å². The summed E-state index contributed by atoms with van der Waals surface area (Å²) in [5.74, 6) is 0.782. The minimum atomic E-state index is 0.274. The molecule has 0 fully saturated rings. The maximum Gasteiger partial charge on any atom is 0.182 e. The summed E-state index contributed by atoms with van der Waals surface area (Å²) in [5.41, 5.74) is 0.949. The third kappa shape index (κ3) is 1.66. The zero-order chi connectivity index (χ0) is 8.97. The number of halogens is 1. The van der Waals surface area contributed by atoms with Crippen molar-refractivity contribution in [2.45, 2.75) is 5.88 Å². The van der Waals surface area contributed by atoms with Crippen LogP contribution in [-0.4, -0.2) is 12.1 Å². The van der Waals surface area contributed by atoms with Crippen LogP contribution in [0.4, 0.5) is 0 Å². The molecule has 0 aliphatic carbocycles. The highest BCUT2D eigenvalue weighted by molar-refractivity contribution is 6.16. The lowest BCUT2D eigenvalue weighted by Crippen LogP contribution is -1.94. The molecular weight excluding hydrogens is 176 g/mol. The Hall–Kier alpha value is -1.27. The van der Waals surface area contributed by atoms with Gasteiger partial charge >= 0.3 is 0 Å². The van der Waals surface area contributed by atoms with E-state index in [0.717, 1.165) is 0 Å². The quantitative estimate of drug-likeness (QED) is 0.654. The predicted molar refractivity (Wildman–Crippen MR) is 45.1 cm³/mol. The Morgan fingerprint density at radius 2 is 2.42 bits per heavy atom. The molecule has 3 nitrogen and oxygen atoms in total. The fourth-order valence-corrected chi connectivity index (χ4v) is 0.955. The van der Waals surface area contributed by atoms with Crippen molar-refractivity contribution in [3.63, 3.8) is 0 Å². The molecule has 0 aliphatic rings. The van der Waals surface area contributed by atoms with E-state index in [1.54, 1.807) is 12.1 Å². The van der Waals surface area contributed by atoms with Gasteiger partial charge in [0, 0.05) is 0 Å². The van der Waals surface area contributed by atoms with Gasteiger partial charge in [0.05, 0.1) is 18.7 Å². The number of hydrogen-bond acceptors (Lipinski definition) is 3. The number of aromatic nitrogens is 1. The van der Waals surface area contributed by atoms with Crippen LogP contribution in [0.25, 0.3) is 0 Å². The van der Waals surface area contributed by atoms with E-state index in [2.05, 4.69) is 4.98 Å². The van der Waals surface area contributed by atoms with Crippen LogP contribution in [0.15, 0.2) is 12.1 Å². The zero-order valence-electron chi connectivity index (χ0n) is 6.54. The third-order valence-electron chi connectivity index (χ3n) is 1.38. The molecule has 4 heteroatoms. The Labute approximate surface area is 75.6 Å². The Balaban J connectivity index is 3.13. The summed E-state index contributed by atoms with van der Waals surface area (Å²) in [6, 6.07) is 5.34. The second-order valence-corrected chi connectivity index (χ2v) is 2.37. The van der Waals surface area contributed by atoms with Crippen molar-refractivity contribution in [1.82, 2.24) is 4.98 Å². The predicted octanol–water partition coefficient (Wildman–Crippen LogP) is 1.70. The van der Waals surface area contributed by atoms with Crippen LogP contribution in [0.5, 0.6) is 5.75 Å². The fourth-order valence-electron chi connectivity index (χ4n) is 0.806. The average Bonchev–Trinajstić information content (AvgIpc) is 2.16. The maximum absolute atomic E-state index is 8.63. The lowest BCUT2D eigenvalue weighted by atomic mass is 10.3. The number of rotatable bonds is 2. The smallest absolute Gasteiger partial charge is 0.182 e. The van der Waals surface area contributed by atoms with E-state index >= 15 is 0 Å². The number of methoxy groups -OCH3 is 1. The first-order valence-corrected chi connectivity index (χ1v) is 3.85. The van der Waals surface area contributed by atoms with Crippen molar-refractivity contribution >= 4 is 11.6 Å². The van der Waals surface area contributed by atoms with E-state index in [0.29, 0.717) is 17.3 Å². The molecule has 0 atom stereocenters. The second kappa shape index (κ2) is 3.93. The fraction of sp³-hybridized carbons (Fsp3) is 0.250. The molecule has 0 bridgehead atoms. The molecule has 1 aromatic heterocycles. The van der Waals surface area contributed by atoms with Crippen LogP contribution >= 0.6 is 11.6 Å². The molecule has 1 heterocycles. The summed E-state index contributed by atoms with van der Waals surface area (Å²) in [7, 11) is 1.50. The van der Waals surface area contributed by atoms with E-state index < -0.39 is 0 Å². The Bertz CT molecular complexity index is 319. The van der Waals surface area contributed by atoms with Gasteiger partial charge in [0.1, 0.15) is 6.07 Å². The Morgan fingerprint density at radius 3 is 2.92 bits per heavy atom. The molecule has 0 saturated carbocycles. The lowest BCUT2D eigenvalue weighted by molar-refractivity contribution is 0.411. The van der Waals surface area contributed by atoms with Crippen molar-refractivity contribution in [2.24, 2.45) is 0 Å². The molecule has 0 aliphatic heterocycles. The summed E-state index contributed by atoms with van der Waals surface area (Å²) < 4.78 is 4.91. The van der Waals surface area contributed by atoms with Crippen molar-refractivity contribution in [3.05, 3.63) is 23.5 Å². The number of nitrogens with zero attached hydrogens (tertiary/aromatic N) is 2. The minimum absolute atomic E-state index is 0.274. The molecule has 1 aromatic rings. The van der Waals surface area contributed by atoms with E-state index in [1.165, 1.54) is 7.11 Å². The van der Waals surface area contributed by atoms with E-state index in [4.69, 9.17) is 21.6 Å². The standard InChI is InChI=1S/C8H7ClN2O/c1-12-8-3-2-6(4-9)11-7(8)5-10/h2-3H,4H2,1H3. The number of hydrogen-bond donors (Lipinski definition) is 0. The van der Waals surface area contributed by atoms with Gasteiger partial charge in [0.15, 0.2) is 11.4 Å². The van der Waals surface area contributed by atoms with E-state index in [1.807, 2.05) is 6.07 Å². The van der Waals surface area contributed by atoms with Gasteiger partial charge in [-0.15, -0.1) is 11.6 Å². The molecule has 0 saturated heterocycles. The van der Waals surface area contributed by atoms with Gasteiger partial charge in [0.25, 0.3) is 0 Å². The molecule has 0 amide bonds. The summed E-state index contributed by atoms with van der Waals surface area (Å²) in [6.07, 6.45) is 0. The van der Waals surface area contributed by atoms with Gasteiger partial charge in [-0.3, -0.25) is 0 Å². The van der Waals surface area contributed by atoms with Crippen molar-refractivity contribution < 1.29 is 4.74 Å². The summed E-state index contributed by atoms with van der Waals surface area (Å²) in [6.45, 7) is 0.